The lowest BCUT2D eigenvalue weighted by molar-refractivity contribution is -0.116. The van der Waals surface area contributed by atoms with E-state index in [1.54, 1.807) is 25.7 Å². The molecule has 8 heteroatoms. The van der Waals surface area contributed by atoms with Gasteiger partial charge in [-0.2, -0.15) is 0 Å². The van der Waals surface area contributed by atoms with Crippen molar-refractivity contribution in [3.05, 3.63) is 11.1 Å². The van der Waals surface area contributed by atoms with Crippen molar-refractivity contribution in [2.24, 2.45) is 0 Å². The molecule has 1 heterocycles. The van der Waals surface area contributed by atoms with Crippen LogP contribution in [0.15, 0.2) is 5.38 Å². The Hall–Kier alpha value is -1.67. The van der Waals surface area contributed by atoms with E-state index in [1.807, 2.05) is 12.3 Å². The van der Waals surface area contributed by atoms with Crippen LogP contribution >= 0.6 is 11.3 Å². The largest absolute Gasteiger partial charge is 0.443 e. The van der Waals surface area contributed by atoms with Crippen molar-refractivity contribution in [1.29, 1.82) is 0 Å². The number of hydrogen-bond acceptors (Lipinski definition) is 6. The van der Waals surface area contributed by atoms with Crippen molar-refractivity contribution in [1.82, 2.24) is 15.8 Å². The van der Waals surface area contributed by atoms with E-state index in [0.717, 1.165) is 5.69 Å². The number of nitrogens with one attached hydrogen (secondary N) is 2. The van der Waals surface area contributed by atoms with Gasteiger partial charge in [0.25, 0.3) is 0 Å². The van der Waals surface area contributed by atoms with Crippen LogP contribution in [0.3, 0.4) is 0 Å². The molecule has 0 fully saturated rings. The zero-order chi connectivity index (χ0) is 16.0. The maximum atomic E-state index is 11.4. The number of hydrazine groups is 1. The summed E-state index contributed by atoms with van der Waals surface area (Å²) in [6.07, 6.45) is -0.545. The fourth-order valence-corrected chi connectivity index (χ4v) is 2.44. The van der Waals surface area contributed by atoms with Crippen LogP contribution in [0, 0.1) is 0 Å². The molecule has 0 saturated carbocycles. The van der Waals surface area contributed by atoms with Gasteiger partial charge in [0.2, 0.25) is 5.91 Å². The number of amides is 2. The molecule has 0 radical (unpaired) electrons. The van der Waals surface area contributed by atoms with E-state index in [4.69, 9.17) is 4.74 Å². The quantitative estimate of drug-likeness (QED) is 0.813. The monoisotopic (exact) mass is 314 g/mol. The van der Waals surface area contributed by atoms with Crippen LogP contribution in [0.2, 0.25) is 0 Å². The first-order valence-corrected chi connectivity index (χ1v) is 7.55. The molecule has 1 aromatic rings. The maximum Gasteiger partial charge on any atom is 0.422 e. The number of carbonyl (C=O) groups excluding carboxylic acids is 2. The molecule has 2 amide bonds. The number of thiazole rings is 1. The normalized spacial score (nSPS) is 11.1. The SMILES string of the molecule is CCN(C(C)=O)c1nc(CNNC(=O)OC(C)(C)C)cs1. The molecule has 0 aliphatic heterocycles. The number of rotatable bonds is 5. The molecular formula is C13H22N4O3S. The van der Waals surface area contributed by atoms with Gasteiger partial charge in [0.05, 0.1) is 12.2 Å². The van der Waals surface area contributed by atoms with Crippen molar-refractivity contribution in [2.75, 3.05) is 11.4 Å². The molecule has 0 unspecified atom stereocenters. The van der Waals surface area contributed by atoms with Crippen molar-refractivity contribution in [2.45, 2.75) is 46.8 Å². The van der Waals surface area contributed by atoms with Crippen LogP contribution in [-0.4, -0.2) is 29.1 Å². The highest BCUT2D eigenvalue weighted by atomic mass is 32.1. The average Bonchev–Trinajstić information content (AvgIpc) is 2.75. The zero-order valence-corrected chi connectivity index (χ0v) is 13.8. The summed E-state index contributed by atoms with van der Waals surface area (Å²) < 4.78 is 5.08. The molecule has 0 aromatic carbocycles. The van der Waals surface area contributed by atoms with Crippen molar-refractivity contribution in [3.8, 4) is 0 Å². The van der Waals surface area contributed by atoms with Crippen molar-refractivity contribution < 1.29 is 14.3 Å². The molecule has 118 valence electrons. The summed E-state index contributed by atoms with van der Waals surface area (Å²) in [4.78, 5) is 28.8. The number of carbonyl (C=O) groups is 2. The fraction of sp³-hybridized carbons (Fsp3) is 0.615. The zero-order valence-electron chi connectivity index (χ0n) is 13.0. The summed E-state index contributed by atoms with van der Waals surface area (Å²) in [6.45, 7) is 9.70. The lowest BCUT2D eigenvalue weighted by atomic mass is 10.2. The molecular weight excluding hydrogens is 292 g/mol. The number of nitrogens with zero attached hydrogens (tertiary/aromatic N) is 2. The van der Waals surface area contributed by atoms with Gasteiger partial charge in [0, 0.05) is 18.8 Å². The predicted octanol–water partition coefficient (Wildman–Crippen LogP) is 2.05. The molecule has 1 rings (SSSR count). The summed E-state index contributed by atoms with van der Waals surface area (Å²) in [5.74, 6) is -0.0433. The summed E-state index contributed by atoms with van der Waals surface area (Å²) in [5, 5.41) is 2.49. The third-order valence-corrected chi connectivity index (χ3v) is 3.24. The Kier molecular flexibility index (Phi) is 6.10. The molecule has 0 spiro atoms. The van der Waals surface area contributed by atoms with E-state index in [1.165, 1.54) is 18.3 Å². The first kappa shape index (κ1) is 17.4. The second-order valence-electron chi connectivity index (χ2n) is 5.37. The smallest absolute Gasteiger partial charge is 0.422 e. The summed E-state index contributed by atoms with van der Waals surface area (Å²) in [7, 11) is 0. The maximum absolute atomic E-state index is 11.4. The summed E-state index contributed by atoms with van der Waals surface area (Å²) in [5.41, 5.74) is 5.38. The minimum Gasteiger partial charge on any atom is -0.443 e. The second kappa shape index (κ2) is 7.37. The standard InChI is InChI=1S/C13H22N4O3S/c1-6-17(9(2)18)11-15-10(8-21-11)7-14-16-12(19)20-13(3,4)5/h8,14H,6-7H2,1-5H3,(H,16,19). The third kappa shape index (κ3) is 6.09. The molecule has 0 saturated heterocycles. The van der Waals surface area contributed by atoms with Gasteiger partial charge in [-0.1, -0.05) is 0 Å². The number of ether oxygens (including phenoxy) is 1. The molecule has 2 N–H and O–H groups in total. The van der Waals surface area contributed by atoms with Gasteiger partial charge < -0.3 is 4.74 Å². The summed E-state index contributed by atoms with van der Waals surface area (Å²) >= 11 is 1.39. The van der Waals surface area contributed by atoms with Gasteiger partial charge in [-0.15, -0.1) is 11.3 Å². The first-order chi connectivity index (χ1) is 9.73. The number of aromatic nitrogens is 1. The van der Waals surface area contributed by atoms with Crippen LogP contribution in [-0.2, 0) is 16.1 Å². The topological polar surface area (TPSA) is 83.6 Å². The van der Waals surface area contributed by atoms with Gasteiger partial charge in [0.15, 0.2) is 5.13 Å². The molecule has 7 nitrogen and oxygen atoms in total. The second-order valence-corrected chi connectivity index (χ2v) is 6.20. The fourth-order valence-electron chi connectivity index (χ4n) is 1.50. The van der Waals surface area contributed by atoms with E-state index in [-0.39, 0.29) is 5.91 Å². The Morgan fingerprint density at radius 2 is 2.10 bits per heavy atom. The number of hydrogen-bond donors (Lipinski definition) is 2. The van der Waals surface area contributed by atoms with Gasteiger partial charge >= 0.3 is 6.09 Å². The highest BCUT2D eigenvalue weighted by Gasteiger charge is 2.16. The van der Waals surface area contributed by atoms with Gasteiger partial charge in [-0.25, -0.2) is 15.2 Å². The van der Waals surface area contributed by atoms with Crippen LogP contribution in [0.5, 0.6) is 0 Å². The van der Waals surface area contributed by atoms with E-state index < -0.39 is 11.7 Å². The Bertz CT molecular complexity index is 496. The van der Waals surface area contributed by atoms with Crippen molar-refractivity contribution in [3.63, 3.8) is 0 Å². The Morgan fingerprint density at radius 3 is 2.62 bits per heavy atom. The third-order valence-electron chi connectivity index (χ3n) is 2.33. The molecule has 21 heavy (non-hydrogen) atoms. The van der Waals surface area contributed by atoms with Gasteiger partial charge in [-0.05, 0) is 27.7 Å². The molecule has 0 aliphatic carbocycles. The first-order valence-electron chi connectivity index (χ1n) is 6.67. The van der Waals surface area contributed by atoms with Crippen LogP contribution in [0.25, 0.3) is 0 Å². The summed E-state index contributed by atoms with van der Waals surface area (Å²) in [6, 6.07) is 0. The van der Waals surface area contributed by atoms with Crippen LogP contribution in [0.4, 0.5) is 9.93 Å². The van der Waals surface area contributed by atoms with Gasteiger partial charge in [0.1, 0.15) is 5.60 Å². The molecule has 0 atom stereocenters. The van der Waals surface area contributed by atoms with Crippen molar-refractivity contribution >= 4 is 28.5 Å². The van der Waals surface area contributed by atoms with E-state index >= 15 is 0 Å². The number of anilines is 1. The average molecular weight is 314 g/mol. The minimum atomic E-state index is -0.545. The highest BCUT2D eigenvalue weighted by Crippen LogP contribution is 2.20. The van der Waals surface area contributed by atoms with Gasteiger partial charge in [-0.3, -0.25) is 15.1 Å². The van der Waals surface area contributed by atoms with Crippen LogP contribution < -0.4 is 15.8 Å². The molecule has 0 bridgehead atoms. The van der Waals surface area contributed by atoms with E-state index in [2.05, 4.69) is 15.8 Å². The Labute approximate surface area is 128 Å². The predicted molar refractivity (Wildman–Crippen MR) is 82.0 cm³/mol. The highest BCUT2D eigenvalue weighted by molar-refractivity contribution is 7.14. The van der Waals surface area contributed by atoms with E-state index in [9.17, 15) is 9.59 Å². The minimum absolute atomic E-state index is 0.0433. The lowest BCUT2D eigenvalue weighted by Gasteiger charge is -2.19. The Morgan fingerprint density at radius 1 is 1.43 bits per heavy atom. The van der Waals surface area contributed by atoms with E-state index in [0.29, 0.717) is 18.2 Å². The molecule has 1 aromatic heterocycles. The molecule has 0 aliphatic rings. The van der Waals surface area contributed by atoms with Crippen LogP contribution in [0.1, 0.15) is 40.3 Å². The lowest BCUT2D eigenvalue weighted by Crippen LogP contribution is -2.40. The Balaban J connectivity index is 2.45.